The van der Waals surface area contributed by atoms with Crippen molar-refractivity contribution in [3.8, 4) is 0 Å². The Morgan fingerprint density at radius 1 is 0.962 bits per heavy atom. The van der Waals surface area contributed by atoms with Crippen molar-refractivity contribution < 1.29 is 23.9 Å². The van der Waals surface area contributed by atoms with Crippen LogP contribution in [0.3, 0.4) is 0 Å². The number of ether oxygens (including phenoxy) is 2. The van der Waals surface area contributed by atoms with Crippen LogP contribution in [-0.2, 0) is 19.1 Å². The van der Waals surface area contributed by atoms with Gasteiger partial charge in [-0.05, 0) is 44.9 Å². The number of carbonyl (C=O) groups excluding carboxylic acids is 3. The molecule has 0 saturated carbocycles. The Hall–Kier alpha value is -1.79. The normalized spacial score (nSPS) is 13.7. The van der Waals surface area contributed by atoms with Gasteiger partial charge in [0, 0.05) is 25.9 Å². The van der Waals surface area contributed by atoms with Gasteiger partial charge in [0.2, 0.25) is 5.91 Å². The third kappa shape index (κ3) is 13.5. The highest BCUT2D eigenvalue weighted by Gasteiger charge is 2.19. The van der Waals surface area contributed by atoms with Crippen molar-refractivity contribution in [1.29, 1.82) is 0 Å². The summed E-state index contributed by atoms with van der Waals surface area (Å²) in [5, 5.41) is 5.55. The second-order valence-corrected chi connectivity index (χ2v) is 8.27. The van der Waals surface area contributed by atoms with Gasteiger partial charge in [-0.15, -0.1) is 0 Å². The number of hydrogen-bond donors (Lipinski definition) is 2. The van der Waals surface area contributed by atoms with Crippen LogP contribution in [0.1, 0.15) is 60.8 Å². The van der Waals surface area contributed by atoms with Gasteiger partial charge < -0.3 is 20.1 Å². The lowest BCUT2D eigenvalue weighted by molar-refractivity contribution is -0.142. The number of methoxy groups -OCH3 is 1. The zero-order chi connectivity index (χ0) is 20.3. The van der Waals surface area contributed by atoms with Gasteiger partial charge in [0.05, 0.1) is 7.11 Å². The van der Waals surface area contributed by atoms with E-state index in [2.05, 4.69) is 24.5 Å². The van der Waals surface area contributed by atoms with Gasteiger partial charge in [0.25, 0.3) is 0 Å². The molecular weight excluding hydrogens is 336 g/mol. The van der Waals surface area contributed by atoms with Crippen molar-refractivity contribution in [2.24, 2.45) is 17.8 Å². The Labute approximate surface area is 157 Å². The number of rotatable bonds is 10. The zero-order valence-corrected chi connectivity index (χ0v) is 17.3. The fraction of sp³-hybridized carbons (Fsp3) is 0.842. The molecule has 7 heteroatoms. The molecule has 7 nitrogen and oxygen atoms in total. The molecule has 2 atom stereocenters. The van der Waals surface area contributed by atoms with Crippen LogP contribution in [0, 0.1) is 17.8 Å². The van der Waals surface area contributed by atoms with Crippen LogP contribution in [0.15, 0.2) is 0 Å². The maximum atomic E-state index is 12.1. The van der Waals surface area contributed by atoms with Crippen LogP contribution in [0.5, 0.6) is 0 Å². The van der Waals surface area contributed by atoms with Crippen LogP contribution in [0.2, 0.25) is 0 Å². The summed E-state index contributed by atoms with van der Waals surface area (Å²) in [6.45, 7) is 12.2. The largest absolute Gasteiger partial charge is 0.469 e. The summed E-state index contributed by atoms with van der Waals surface area (Å²) in [4.78, 5) is 35.2. The van der Waals surface area contributed by atoms with E-state index in [9.17, 15) is 14.4 Å². The van der Waals surface area contributed by atoms with E-state index < -0.39 is 11.7 Å². The topological polar surface area (TPSA) is 93.7 Å². The van der Waals surface area contributed by atoms with Gasteiger partial charge in [-0.2, -0.15) is 0 Å². The lowest BCUT2D eigenvalue weighted by Crippen LogP contribution is -2.37. The molecule has 1 unspecified atom stereocenters. The molecule has 26 heavy (non-hydrogen) atoms. The van der Waals surface area contributed by atoms with Crippen molar-refractivity contribution in [3.63, 3.8) is 0 Å². The second kappa shape index (κ2) is 11.8. The third-order valence-corrected chi connectivity index (χ3v) is 3.60. The molecule has 2 N–H and O–H groups in total. The first-order valence-electron chi connectivity index (χ1n) is 9.23. The van der Waals surface area contributed by atoms with Crippen LogP contribution in [0.25, 0.3) is 0 Å². The maximum absolute atomic E-state index is 12.1. The molecule has 0 aromatic carbocycles. The van der Waals surface area contributed by atoms with Gasteiger partial charge in [-0.3, -0.25) is 9.59 Å². The molecule has 0 aromatic heterocycles. The Morgan fingerprint density at radius 2 is 1.58 bits per heavy atom. The Kier molecular flexibility index (Phi) is 10.9. The monoisotopic (exact) mass is 372 g/mol. The van der Waals surface area contributed by atoms with Crippen molar-refractivity contribution >= 4 is 18.0 Å². The van der Waals surface area contributed by atoms with Crippen LogP contribution >= 0.6 is 0 Å². The first kappa shape index (κ1) is 24.2. The van der Waals surface area contributed by atoms with Crippen molar-refractivity contribution in [2.75, 3.05) is 20.2 Å². The molecule has 2 amide bonds. The number of alkyl carbamates (subject to hydrolysis) is 1. The minimum absolute atomic E-state index is 0.0216. The van der Waals surface area contributed by atoms with Gasteiger partial charge >= 0.3 is 12.1 Å². The molecule has 0 bridgehead atoms. The first-order valence-corrected chi connectivity index (χ1v) is 9.23. The average molecular weight is 373 g/mol. The Balaban J connectivity index is 4.24. The minimum atomic E-state index is -0.546. The third-order valence-electron chi connectivity index (χ3n) is 3.60. The van der Waals surface area contributed by atoms with Gasteiger partial charge in [-0.1, -0.05) is 20.8 Å². The average Bonchev–Trinajstić information content (AvgIpc) is 2.48. The summed E-state index contributed by atoms with van der Waals surface area (Å²) < 4.78 is 9.88. The molecule has 0 heterocycles. The molecule has 0 aliphatic rings. The number of nitrogens with one attached hydrogen (secondary N) is 2. The standard InChI is InChI=1S/C19H36N2O5/c1-13(2)8-15(10-17(23)25-7)12-20-16(22)9-14(3)11-21-18(24)26-19(4,5)6/h13-15H,8-12H2,1-7H3,(H,20,22)(H,21,24)/t14-,15?/m1/s1. The van der Waals surface area contributed by atoms with Gasteiger partial charge in [0.15, 0.2) is 0 Å². The van der Waals surface area contributed by atoms with Gasteiger partial charge in [-0.25, -0.2) is 4.79 Å². The number of hydrogen-bond acceptors (Lipinski definition) is 5. The fourth-order valence-corrected chi connectivity index (χ4v) is 2.52. The smallest absolute Gasteiger partial charge is 0.407 e. The molecule has 0 rings (SSSR count). The lowest BCUT2D eigenvalue weighted by Gasteiger charge is -2.21. The predicted molar refractivity (Wildman–Crippen MR) is 101 cm³/mol. The van der Waals surface area contributed by atoms with Crippen LogP contribution in [-0.4, -0.2) is 43.8 Å². The van der Waals surface area contributed by atoms with Gasteiger partial charge in [0.1, 0.15) is 5.60 Å². The quantitative estimate of drug-likeness (QED) is 0.575. The second-order valence-electron chi connectivity index (χ2n) is 8.27. The molecular formula is C19H36N2O5. The maximum Gasteiger partial charge on any atom is 0.407 e. The summed E-state index contributed by atoms with van der Waals surface area (Å²) in [6, 6.07) is 0. The van der Waals surface area contributed by atoms with Crippen molar-refractivity contribution in [3.05, 3.63) is 0 Å². The Morgan fingerprint density at radius 3 is 2.08 bits per heavy atom. The summed E-state index contributed by atoms with van der Waals surface area (Å²) >= 11 is 0. The van der Waals surface area contributed by atoms with E-state index in [1.165, 1.54) is 7.11 Å². The highest BCUT2D eigenvalue weighted by atomic mass is 16.6. The highest BCUT2D eigenvalue weighted by Crippen LogP contribution is 2.15. The van der Waals surface area contributed by atoms with Crippen molar-refractivity contribution in [1.82, 2.24) is 10.6 Å². The van der Waals surface area contributed by atoms with E-state index in [-0.39, 0.29) is 23.7 Å². The van der Waals surface area contributed by atoms with E-state index in [1.54, 1.807) is 20.8 Å². The van der Waals surface area contributed by atoms with E-state index >= 15 is 0 Å². The molecule has 0 aromatic rings. The van der Waals surface area contributed by atoms with E-state index in [1.807, 2.05) is 6.92 Å². The molecule has 0 spiro atoms. The summed E-state index contributed by atoms with van der Waals surface area (Å²) in [6.07, 6.45) is 0.943. The minimum Gasteiger partial charge on any atom is -0.469 e. The predicted octanol–water partition coefficient (Wildman–Crippen LogP) is 2.88. The lowest BCUT2D eigenvalue weighted by atomic mass is 9.94. The van der Waals surface area contributed by atoms with E-state index in [0.717, 1.165) is 6.42 Å². The molecule has 0 aliphatic carbocycles. The van der Waals surface area contributed by atoms with Crippen molar-refractivity contribution in [2.45, 2.75) is 66.4 Å². The van der Waals surface area contributed by atoms with Crippen LogP contribution in [0.4, 0.5) is 4.79 Å². The number of carbonyl (C=O) groups is 3. The number of amides is 2. The SMILES string of the molecule is COC(=O)CC(CNC(=O)C[C@@H](C)CNC(=O)OC(C)(C)C)CC(C)C. The number of esters is 1. The zero-order valence-electron chi connectivity index (χ0n) is 17.3. The van der Waals surface area contributed by atoms with Crippen LogP contribution < -0.4 is 10.6 Å². The molecule has 0 radical (unpaired) electrons. The fourth-order valence-electron chi connectivity index (χ4n) is 2.52. The first-order chi connectivity index (χ1) is 11.9. The Bertz CT molecular complexity index is 457. The summed E-state index contributed by atoms with van der Waals surface area (Å²) in [7, 11) is 1.37. The molecule has 0 saturated heterocycles. The molecule has 152 valence electrons. The highest BCUT2D eigenvalue weighted by molar-refractivity contribution is 5.76. The molecule has 0 aliphatic heterocycles. The molecule has 0 fully saturated rings. The van der Waals surface area contributed by atoms with E-state index in [4.69, 9.17) is 9.47 Å². The summed E-state index contributed by atoms with van der Waals surface area (Å²) in [5.41, 5.74) is -0.546. The summed E-state index contributed by atoms with van der Waals surface area (Å²) in [5.74, 6) is 0.105. The van der Waals surface area contributed by atoms with E-state index in [0.29, 0.717) is 31.8 Å².